The van der Waals surface area contributed by atoms with E-state index in [9.17, 15) is 0 Å². The lowest BCUT2D eigenvalue weighted by molar-refractivity contribution is -0.0209. The molecule has 4 nitrogen and oxygen atoms in total. The van der Waals surface area contributed by atoms with Crippen molar-refractivity contribution in [2.75, 3.05) is 18.5 Å². The Kier molecular flexibility index (Phi) is 5.51. The molecule has 0 radical (unpaired) electrons. The fourth-order valence-electron chi connectivity index (χ4n) is 1.87. The van der Waals surface area contributed by atoms with E-state index in [0.717, 1.165) is 30.3 Å². The van der Waals surface area contributed by atoms with Gasteiger partial charge in [-0.1, -0.05) is 27.7 Å². The normalized spacial score (nSPS) is 12.6. The molecule has 0 fully saturated rings. The number of nitrogens with one attached hydrogen (secondary N) is 1. The average Bonchev–Trinajstić information content (AvgIpc) is 2.35. The monoisotopic (exact) mass is 279 g/mol. The van der Waals surface area contributed by atoms with Gasteiger partial charge in [0.05, 0.1) is 5.69 Å². The van der Waals surface area contributed by atoms with Crippen molar-refractivity contribution >= 4 is 5.82 Å². The van der Waals surface area contributed by atoms with E-state index in [1.54, 1.807) is 0 Å². The zero-order valence-electron chi connectivity index (χ0n) is 14.0. The molecule has 0 saturated heterocycles. The van der Waals surface area contributed by atoms with Crippen LogP contribution in [-0.4, -0.2) is 23.1 Å². The Balaban J connectivity index is 3.22. The molecule has 0 bridgehead atoms. The van der Waals surface area contributed by atoms with Gasteiger partial charge >= 0.3 is 0 Å². The van der Waals surface area contributed by atoms with Gasteiger partial charge in [-0.3, -0.25) is 0 Å². The first kappa shape index (κ1) is 16.9. The maximum Gasteiger partial charge on any atom is 0.162 e. The highest BCUT2D eigenvalue weighted by molar-refractivity contribution is 5.38. The van der Waals surface area contributed by atoms with Gasteiger partial charge in [-0.2, -0.15) is 0 Å². The third kappa shape index (κ3) is 4.44. The Labute approximate surface area is 123 Å². The number of rotatable bonds is 6. The van der Waals surface area contributed by atoms with Crippen molar-refractivity contribution in [3.05, 3.63) is 17.6 Å². The molecule has 0 aliphatic rings. The average molecular weight is 279 g/mol. The lowest BCUT2D eigenvalue weighted by atomic mass is 9.91. The third-order valence-electron chi connectivity index (χ3n) is 3.09. The van der Waals surface area contributed by atoms with Crippen LogP contribution in [0.1, 0.15) is 66.4 Å². The molecule has 1 rings (SSSR count). The van der Waals surface area contributed by atoms with Crippen molar-refractivity contribution < 1.29 is 4.74 Å². The van der Waals surface area contributed by atoms with Crippen LogP contribution in [0.15, 0.2) is 6.07 Å². The van der Waals surface area contributed by atoms with Gasteiger partial charge in [-0.05, 0) is 27.2 Å². The van der Waals surface area contributed by atoms with Gasteiger partial charge < -0.3 is 10.1 Å². The number of nitrogens with zero attached hydrogens (tertiary/aromatic N) is 2. The molecule has 0 aromatic carbocycles. The van der Waals surface area contributed by atoms with Crippen molar-refractivity contribution in [3.8, 4) is 0 Å². The number of hydrogen-bond acceptors (Lipinski definition) is 4. The number of hydrogen-bond donors (Lipinski definition) is 1. The van der Waals surface area contributed by atoms with Gasteiger partial charge in [0.15, 0.2) is 5.82 Å². The van der Waals surface area contributed by atoms with E-state index < -0.39 is 5.60 Å². The van der Waals surface area contributed by atoms with Gasteiger partial charge in [-0.15, -0.1) is 0 Å². The predicted molar refractivity (Wildman–Crippen MR) is 84.2 cm³/mol. The van der Waals surface area contributed by atoms with E-state index in [-0.39, 0.29) is 5.41 Å². The first-order valence-corrected chi connectivity index (χ1v) is 7.48. The SMILES string of the molecule is CCCNc1cc(C(C)(C)C)nc(C(C)(C)OCC)n1. The second-order valence-corrected chi connectivity index (χ2v) is 6.58. The zero-order valence-corrected chi connectivity index (χ0v) is 14.0. The van der Waals surface area contributed by atoms with Crippen molar-refractivity contribution in [2.45, 2.75) is 65.9 Å². The predicted octanol–water partition coefficient (Wildman–Crippen LogP) is 3.87. The maximum atomic E-state index is 5.79. The summed E-state index contributed by atoms with van der Waals surface area (Å²) in [7, 11) is 0. The summed E-state index contributed by atoms with van der Waals surface area (Å²) >= 11 is 0. The molecular formula is C16H29N3O. The van der Waals surface area contributed by atoms with Crippen LogP contribution in [0.5, 0.6) is 0 Å². The molecule has 20 heavy (non-hydrogen) atoms. The summed E-state index contributed by atoms with van der Waals surface area (Å²) in [5, 5.41) is 3.35. The Hall–Kier alpha value is -1.16. The smallest absolute Gasteiger partial charge is 0.162 e. The van der Waals surface area contributed by atoms with Gasteiger partial charge in [0.25, 0.3) is 0 Å². The van der Waals surface area contributed by atoms with Crippen molar-refractivity contribution in [3.63, 3.8) is 0 Å². The van der Waals surface area contributed by atoms with Gasteiger partial charge in [0.1, 0.15) is 11.4 Å². The quantitative estimate of drug-likeness (QED) is 0.858. The molecule has 1 heterocycles. The molecule has 0 saturated carbocycles. The summed E-state index contributed by atoms with van der Waals surface area (Å²) in [6, 6.07) is 2.04. The summed E-state index contributed by atoms with van der Waals surface area (Å²) in [6.07, 6.45) is 1.07. The van der Waals surface area contributed by atoms with E-state index in [1.807, 2.05) is 26.8 Å². The highest BCUT2D eigenvalue weighted by Crippen LogP contribution is 2.27. The highest BCUT2D eigenvalue weighted by atomic mass is 16.5. The highest BCUT2D eigenvalue weighted by Gasteiger charge is 2.27. The number of anilines is 1. The van der Waals surface area contributed by atoms with Crippen LogP contribution >= 0.6 is 0 Å². The second-order valence-electron chi connectivity index (χ2n) is 6.58. The van der Waals surface area contributed by atoms with Crippen LogP contribution in [0.25, 0.3) is 0 Å². The van der Waals surface area contributed by atoms with Crippen molar-refractivity contribution in [2.24, 2.45) is 0 Å². The first-order valence-electron chi connectivity index (χ1n) is 7.48. The Bertz CT molecular complexity index is 436. The molecule has 0 unspecified atom stereocenters. The fraction of sp³-hybridized carbons (Fsp3) is 0.750. The largest absolute Gasteiger partial charge is 0.370 e. The standard InChI is InChI=1S/C16H29N3O/c1-8-10-17-13-11-12(15(3,4)5)18-14(19-13)16(6,7)20-9-2/h11H,8-10H2,1-7H3,(H,17,18,19). The van der Waals surface area contributed by atoms with Crippen LogP contribution in [-0.2, 0) is 15.8 Å². The van der Waals surface area contributed by atoms with Crippen LogP contribution in [0, 0.1) is 0 Å². The molecule has 4 heteroatoms. The minimum absolute atomic E-state index is 0.0113. The van der Waals surface area contributed by atoms with Gasteiger partial charge in [-0.25, -0.2) is 9.97 Å². The fourth-order valence-corrected chi connectivity index (χ4v) is 1.87. The minimum Gasteiger partial charge on any atom is -0.370 e. The Morgan fingerprint density at radius 2 is 1.75 bits per heavy atom. The molecular weight excluding hydrogens is 250 g/mol. The molecule has 1 N–H and O–H groups in total. The van der Waals surface area contributed by atoms with E-state index in [4.69, 9.17) is 9.72 Å². The van der Waals surface area contributed by atoms with Crippen LogP contribution in [0.2, 0.25) is 0 Å². The molecule has 0 aliphatic carbocycles. The van der Waals surface area contributed by atoms with Gasteiger partial charge in [0, 0.05) is 24.6 Å². The second kappa shape index (κ2) is 6.53. The third-order valence-corrected chi connectivity index (χ3v) is 3.09. The molecule has 0 amide bonds. The van der Waals surface area contributed by atoms with E-state index in [1.165, 1.54) is 0 Å². The first-order chi connectivity index (χ1) is 9.20. The lowest BCUT2D eigenvalue weighted by Gasteiger charge is -2.26. The minimum atomic E-state index is -0.474. The number of aromatic nitrogens is 2. The summed E-state index contributed by atoms with van der Waals surface area (Å²) in [5.41, 5.74) is 0.551. The molecule has 1 aromatic heterocycles. The summed E-state index contributed by atoms with van der Waals surface area (Å²) in [4.78, 5) is 9.35. The lowest BCUT2D eigenvalue weighted by Crippen LogP contribution is -2.27. The van der Waals surface area contributed by atoms with Gasteiger partial charge in [0.2, 0.25) is 0 Å². The zero-order chi connectivity index (χ0) is 15.4. The molecule has 0 spiro atoms. The topological polar surface area (TPSA) is 47.0 Å². The maximum absolute atomic E-state index is 5.79. The van der Waals surface area contributed by atoms with Crippen molar-refractivity contribution in [1.82, 2.24) is 9.97 Å². The van der Waals surface area contributed by atoms with Crippen LogP contribution in [0.4, 0.5) is 5.82 Å². The Morgan fingerprint density at radius 1 is 1.10 bits per heavy atom. The molecule has 0 aliphatic heterocycles. The van der Waals surface area contributed by atoms with E-state index >= 15 is 0 Å². The summed E-state index contributed by atoms with van der Waals surface area (Å²) in [6.45, 7) is 16.2. The van der Waals surface area contributed by atoms with E-state index in [0.29, 0.717) is 6.61 Å². The number of ether oxygens (including phenoxy) is 1. The van der Waals surface area contributed by atoms with Crippen molar-refractivity contribution in [1.29, 1.82) is 0 Å². The molecule has 1 aromatic rings. The van der Waals surface area contributed by atoms with Crippen LogP contribution < -0.4 is 5.32 Å². The summed E-state index contributed by atoms with van der Waals surface area (Å²) < 4.78 is 5.79. The van der Waals surface area contributed by atoms with E-state index in [2.05, 4.69) is 38.0 Å². The Morgan fingerprint density at radius 3 is 2.25 bits per heavy atom. The molecule has 114 valence electrons. The summed E-state index contributed by atoms with van der Waals surface area (Å²) in [5.74, 6) is 1.62. The molecule has 0 atom stereocenters. The van der Waals surface area contributed by atoms with Crippen LogP contribution in [0.3, 0.4) is 0 Å².